The fraction of sp³-hybridized carbons (Fsp3) is 0.762. The van der Waals surface area contributed by atoms with Gasteiger partial charge >= 0.3 is 0 Å². The number of likely N-dealkylation sites (N-methyl/N-ethyl adjacent to an activating group) is 1. The summed E-state index contributed by atoms with van der Waals surface area (Å²) in [6.07, 6.45) is 1.13. The van der Waals surface area contributed by atoms with Crippen molar-refractivity contribution in [3.05, 3.63) is 11.3 Å². The van der Waals surface area contributed by atoms with Gasteiger partial charge in [-0.05, 0) is 33.4 Å². The summed E-state index contributed by atoms with van der Waals surface area (Å²) in [4.78, 5) is 31.8. The van der Waals surface area contributed by atoms with Crippen molar-refractivity contribution in [3.63, 3.8) is 0 Å². The van der Waals surface area contributed by atoms with E-state index in [9.17, 15) is 4.79 Å². The Morgan fingerprint density at radius 3 is 2.48 bits per heavy atom. The highest BCUT2D eigenvalue weighted by atomic mass is 16.5. The van der Waals surface area contributed by atoms with E-state index < -0.39 is 0 Å². The van der Waals surface area contributed by atoms with Crippen LogP contribution in [0.3, 0.4) is 0 Å². The van der Waals surface area contributed by atoms with E-state index in [0.29, 0.717) is 37.4 Å². The van der Waals surface area contributed by atoms with Gasteiger partial charge in [0, 0.05) is 43.8 Å². The van der Waals surface area contributed by atoms with E-state index in [1.54, 1.807) is 0 Å². The van der Waals surface area contributed by atoms with E-state index in [4.69, 9.17) is 14.7 Å². The Hall–Kier alpha value is -1.93. The summed E-state index contributed by atoms with van der Waals surface area (Å²) in [7, 11) is 0. The molecule has 0 aromatic carbocycles. The molecule has 0 radical (unpaired) electrons. The molecule has 4 heterocycles. The second kappa shape index (κ2) is 8.44. The zero-order chi connectivity index (χ0) is 20.5. The Morgan fingerprint density at radius 1 is 1.10 bits per heavy atom. The van der Waals surface area contributed by atoms with Crippen molar-refractivity contribution < 1.29 is 9.53 Å². The zero-order valence-corrected chi connectivity index (χ0v) is 18.2. The molecule has 1 unspecified atom stereocenters. The third-order valence-corrected chi connectivity index (χ3v) is 6.47. The Morgan fingerprint density at radius 2 is 1.83 bits per heavy atom. The first kappa shape index (κ1) is 20.3. The van der Waals surface area contributed by atoms with E-state index in [1.807, 2.05) is 4.90 Å². The highest BCUT2D eigenvalue weighted by Crippen LogP contribution is 2.34. The van der Waals surface area contributed by atoms with Gasteiger partial charge in [-0.1, -0.05) is 13.8 Å². The summed E-state index contributed by atoms with van der Waals surface area (Å²) in [5.41, 5.74) is 1.59. The van der Waals surface area contributed by atoms with Gasteiger partial charge in [-0.15, -0.1) is 0 Å². The summed E-state index contributed by atoms with van der Waals surface area (Å²) < 4.78 is 5.49. The Labute approximate surface area is 173 Å². The molecule has 3 aliphatic rings. The lowest BCUT2D eigenvalue weighted by Crippen LogP contribution is -2.39. The van der Waals surface area contributed by atoms with Gasteiger partial charge in [0.1, 0.15) is 11.5 Å². The minimum atomic E-state index is 0.0349. The number of morpholine rings is 1. The quantitative estimate of drug-likeness (QED) is 0.716. The van der Waals surface area contributed by atoms with Gasteiger partial charge in [-0.3, -0.25) is 9.69 Å². The molecule has 0 saturated carbocycles. The number of amides is 1. The first-order chi connectivity index (χ1) is 14.0. The summed E-state index contributed by atoms with van der Waals surface area (Å²) in [6, 6.07) is 0.694. The second-order valence-electron chi connectivity index (χ2n) is 8.41. The van der Waals surface area contributed by atoms with Crippen LogP contribution in [0.1, 0.15) is 50.2 Å². The van der Waals surface area contributed by atoms with Crippen molar-refractivity contribution in [1.29, 1.82) is 0 Å². The van der Waals surface area contributed by atoms with E-state index in [0.717, 1.165) is 57.1 Å². The van der Waals surface area contributed by atoms with E-state index in [-0.39, 0.29) is 11.9 Å². The van der Waals surface area contributed by atoms with E-state index >= 15 is 0 Å². The summed E-state index contributed by atoms with van der Waals surface area (Å²) in [5, 5.41) is 0. The van der Waals surface area contributed by atoms with E-state index in [2.05, 4.69) is 42.4 Å². The third kappa shape index (κ3) is 3.80. The number of aromatic nitrogens is 2. The molecule has 8 heteroatoms. The smallest absolute Gasteiger partial charge is 0.273 e. The van der Waals surface area contributed by atoms with Crippen molar-refractivity contribution in [1.82, 2.24) is 19.8 Å². The van der Waals surface area contributed by atoms with Crippen molar-refractivity contribution in [2.45, 2.75) is 52.7 Å². The molecule has 2 fully saturated rings. The number of carbonyl (C=O) groups is 1. The third-order valence-electron chi connectivity index (χ3n) is 6.47. The van der Waals surface area contributed by atoms with Crippen LogP contribution in [0.25, 0.3) is 0 Å². The maximum Gasteiger partial charge on any atom is 0.273 e. The number of carbonyl (C=O) groups excluding carboxylic acids is 1. The second-order valence-corrected chi connectivity index (χ2v) is 8.41. The Kier molecular flexibility index (Phi) is 5.92. The van der Waals surface area contributed by atoms with Crippen LogP contribution in [0.4, 0.5) is 11.8 Å². The number of anilines is 2. The monoisotopic (exact) mass is 402 g/mol. The first-order valence-corrected chi connectivity index (χ1v) is 11.1. The molecule has 1 atom stereocenters. The molecule has 29 heavy (non-hydrogen) atoms. The highest BCUT2D eigenvalue weighted by Gasteiger charge is 2.38. The maximum atomic E-state index is 13.1. The summed E-state index contributed by atoms with van der Waals surface area (Å²) in [5.74, 6) is 1.67. The first-order valence-electron chi connectivity index (χ1n) is 11.1. The van der Waals surface area contributed by atoms with Crippen LogP contribution in [-0.4, -0.2) is 90.2 Å². The maximum absolute atomic E-state index is 13.1. The predicted octanol–water partition coefficient (Wildman–Crippen LogP) is 1.60. The highest BCUT2D eigenvalue weighted by molar-refractivity contribution is 5.98. The topological polar surface area (TPSA) is 65.0 Å². The number of hydrogen-bond acceptors (Lipinski definition) is 7. The van der Waals surface area contributed by atoms with Crippen LogP contribution in [-0.2, 0) is 11.3 Å². The Bertz CT molecular complexity index is 745. The van der Waals surface area contributed by atoms with Crippen LogP contribution in [0.5, 0.6) is 0 Å². The molecule has 3 aliphatic heterocycles. The average Bonchev–Trinajstić information content (AvgIpc) is 3.34. The van der Waals surface area contributed by atoms with Crippen molar-refractivity contribution in [3.8, 4) is 0 Å². The van der Waals surface area contributed by atoms with Gasteiger partial charge in [0.25, 0.3) is 5.91 Å². The molecule has 0 bridgehead atoms. The molecular formula is C21H34N6O2. The fourth-order valence-corrected chi connectivity index (χ4v) is 4.72. The number of nitrogens with zero attached hydrogens (tertiary/aromatic N) is 6. The number of hydrogen-bond donors (Lipinski definition) is 0. The molecule has 0 N–H and O–H groups in total. The van der Waals surface area contributed by atoms with Crippen LogP contribution < -0.4 is 9.80 Å². The van der Waals surface area contributed by atoms with Crippen molar-refractivity contribution >= 4 is 17.7 Å². The fourth-order valence-electron chi connectivity index (χ4n) is 4.72. The van der Waals surface area contributed by atoms with Crippen molar-refractivity contribution in [2.75, 3.05) is 62.3 Å². The van der Waals surface area contributed by atoms with Gasteiger partial charge < -0.3 is 19.4 Å². The summed E-state index contributed by atoms with van der Waals surface area (Å²) >= 11 is 0. The molecule has 4 rings (SSSR count). The van der Waals surface area contributed by atoms with Gasteiger partial charge in [0.05, 0.1) is 19.8 Å². The molecule has 8 nitrogen and oxygen atoms in total. The van der Waals surface area contributed by atoms with Crippen molar-refractivity contribution in [2.24, 2.45) is 0 Å². The lowest BCUT2D eigenvalue weighted by molar-refractivity contribution is 0.0726. The molecular weight excluding hydrogens is 368 g/mol. The van der Waals surface area contributed by atoms with Crippen LogP contribution >= 0.6 is 0 Å². The normalized spacial score (nSPS) is 22.3. The van der Waals surface area contributed by atoms with Gasteiger partial charge in [0.15, 0.2) is 0 Å². The lowest BCUT2D eigenvalue weighted by atomic mass is 10.2. The SMILES string of the molecule is CCN(CC)C1CCN(c2nc(N3CCOCC3)nc3c2CN(C(C)C)C3=O)C1. The minimum absolute atomic E-state index is 0.0349. The molecule has 1 amide bonds. The predicted molar refractivity (Wildman–Crippen MR) is 114 cm³/mol. The Balaban J connectivity index is 1.68. The number of ether oxygens (including phenoxy) is 1. The molecule has 0 aliphatic carbocycles. The lowest BCUT2D eigenvalue weighted by Gasteiger charge is -2.29. The van der Waals surface area contributed by atoms with Gasteiger partial charge in [-0.2, -0.15) is 4.98 Å². The van der Waals surface area contributed by atoms with Gasteiger partial charge in [-0.25, -0.2) is 4.98 Å². The summed E-state index contributed by atoms with van der Waals surface area (Å²) in [6.45, 7) is 16.1. The molecule has 1 aromatic heterocycles. The van der Waals surface area contributed by atoms with E-state index in [1.165, 1.54) is 0 Å². The molecule has 0 spiro atoms. The number of rotatable bonds is 6. The van der Waals surface area contributed by atoms with Crippen LogP contribution in [0.15, 0.2) is 0 Å². The molecule has 2 saturated heterocycles. The largest absolute Gasteiger partial charge is 0.378 e. The van der Waals surface area contributed by atoms with Gasteiger partial charge in [0.2, 0.25) is 5.95 Å². The zero-order valence-electron chi connectivity index (χ0n) is 18.2. The average molecular weight is 403 g/mol. The molecule has 160 valence electrons. The van der Waals surface area contributed by atoms with Crippen LogP contribution in [0, 0.1) is 0 Å². The van der Waals surface area contributed by atoms with Crippen LogP contribution in [0.2, 0.25) is 0 Å². The molecule has 1 aromatic rings. The number of fused-ring (bicyclic) bond motifs is 1. The minimum Gasteiger partial charge on any atom is -0.378 e. The standard InChI is InChI=1S/C21H34N6O2/c1-5-24(6-2)16-7-8-26(13-16)19-17-14-27(15(3)4)20(28)18(17)22-21(23-19)25-9-11-29-12-10-25/h15-16H,5-14H2,1-4H3.